The molecule has 0 amide bonds. The van der Waals surface area contributed by atoms with Gasteiger partial charge in [-0.3, -0.25) is 0 Å². The SMILES string of the molecule is CC1=C2CC3=CCC(C)(C)CC3=C2OC1=O. The fourth-order valence-corrected chi connectivity index (χ4v) is 2.76. The molecule has 2 heteroatoms. The van der Waals surface area contributed by atoms with E-state index in [1.54, 1.807) is 0 Å². The molecule has 3 aliphatic rings. The molecular formula is C14H16O2. The van der Waals surface area contributed by atoms with Crippen molar-refractivity contribution in [2.24, 2.45) is 5.41 Å². The number of hydrogen-bond acceptors (Lipinski definition) is 2. The first-order chi connectivity index (χ1) is 7.48. The summed E-state index contributed by atoms with van der Waals surface area (Å²) < 4.78 is 5.39. The van der Waals surface area contributed by atoms with E-state index in [4.69, 9.17) is 4.74 Å². The Bertz CT molecular complexity index is 487. The molecule has 2 nitrogen and oxygen atoms in total. The highest BCUT2D eigenvalue weighted by Gasteiger charge is 2.39. The van der Waals surface area contributed by atoms with E-state index in [-0.39, 0.29) is 5.97 Å². The number of allylic oxidation sites excluding steroid dienone is 4. The number of carbonyl (C=O) groups excluding carboxylic acids is 1. The van der Waals surface area contributed by atoms with Crippen LogP contribution in [0.2, 0.25) is 0 Å². The Morgan fingerprint density at radius 3 is 2.81 bits per heavy atom. The standard InChI is InChI=1S/C14H16O2/c1-8-10-6-9-4-5-14(2,3)7-11(9)12(10)16-13(8)15/h4H,5-7H2,1-3H3. The Balaban J connectivity index is 2.12. The van der Waals surface area contributed by atoms with Crippen LogP contribution in [0.25, 0.3) is 0 Å². The summed E-state index contributed by atoms with van der Waals surface area (Å²) in [6.07, 6.45) is 5.37. The van der Waals surface area contributed by atoms with Crippen LogP contribution < -0.4 is 0 Å². The monoisotopic (exact) mass is 216 g/mol. The van der Waals surface area contributed by atoms with Crippen molar-refractivity contribution < 1.29 is 9.53 Å². The number of esters is 1. The molecule has 0 radical (unpaired) electrons. The smallest absolute Gasteiger partial charge is 0.339 e. The lowest BCUT2D eigenvalue weighted by molar-refractivity contribution is -0.133. The molecule has 0 bridgehead atoms. The van der Waals surface area contributed by atoms with E-state index in [0.29, 0.717) is 5.41 Å². The molecule has 0 saturated heterocycles. The van der Waals surface area contributed by atoms with E-state index in [0.717, 1.165) is 36.2 Å². The van der Waals surface area contributed by atoms with Gasteiger partial charge in [0.05, 0.1) is 0 Å². The summed E-state index contributed by atoms with van der Waals surface area (Å²) in [6.45, 7) is 6.40. The molecule has 0 unspecified atom stereocenters. The first-order valence-corrected chi connectivity index (χ1v) is 5.83. The molecule has 1 aliphatic heterocycles. The number of carbonyl (C=O) groups is 1. The van der Waals surface area contributed by atoms with Crippen LogP contribution in [0.1, 0.15) is 40.0 Å². The third kappa shape index (κ3) is 1.22. The maximum absolute atomic E-state index is 11.5. The lowest BCUT2D eigenvalue weighted by atomic mass is 9.76. The topological polar surface area (TPSA) is 26.3 Å². The predicted octanol–water partition coefficient (Wildman–Crippen LogP) is 3.26. The van der Waals surface area contributed by atoms with Crippen LogP contribution >= 0.6 is 0 Å². The third-order valence-corrected chi connectivity index (χ3v) is 3.81. The number of rotatable bonds is 0. The molecule has 1 heterocycles. The van der Waals surface area contributed by atoms with Gasteiger partial charge in [-0.15, -0.1) is 0 Å². The van der Waals surface area contributed by atoms with Gasteiger partial charge in [0.25, 0.3) is 0 Å². The van der Waals surface area contributed by atoms with E-state index in [9.17, 15) is 4.79 Å². The summed E-state index contributed by atoms with van der Waals surface area (Å²) in [5, 5.41) is 0. The zero-order valence-corrected chi connectivity index (χ0v) is 10.0. The quantitative estimate of drug-likeness (QED) is 0.581. The lowest BCUT2D eigenvalue weighted by Crippen LogP contribution is -2.16. The van der Waals surface area contributed by atoms with Crippen molar-refractivity contribution in [2.75, 3.05) is 0 Å². The van der Waals surface area contributed by atoms with Crippen molar-refractivity contribution >= 4 is 5.97 Å². The van der Waals surface area contributed by atoms with Gasteiger partial charge in [-0.1, -0.05) is 19.9 Å². The fraction of sp³-hybridized carbons (Fsp3) is 0.500. The minimum atomic E-state index is -0.153. The normalized spacial score (nSPS) is 26.7. The highest BCUT2D eigenvalue weighted by molar-refractivity contribution is 5.95. The zero-order valence-electron chi connectivity index (χ0n) is 10.0. The Hall–Kier alpha value is -1.31. The molecule has 0 spiro atoms. The maximum Gasteiger partial charge on any atom is 0.339 e. The highest BCUT2D eigenvalue weighted by Crippen LogP contribution is 2.50. The Morgan fingerprint density at radius 1 is 1.31 bits per heavy atom. The summed E-state index contributed by atoms with van der Waals surface area (Å²) in [5.41, 5.74) is 4.89. The first-order valence-electron chi connectivity index (χ1n) is 5.83. The number of ether oxygens (including phenoxy) is 1. The molecule has 0 aromatic rings. The van der Waals surface area contributed by atoms with Gasteiger partial charge >= 0.3 is 5.97 Å². The minimum absolute atomic E-state index is 0.153. The molecule has 0 saturated carbocycles. The van der Waals surface area contributed by atoms with Crippen LogP contribution in [0.15, 0.2) is 34.1 Å². The molecule has 0 atom stereocenters. The first kappa shape index (κ1) is 9.88. The van der Waals surface area contributed by atoms with Crippen LogP contribution in [0, 0.1) is 5.41 Å². The van der Waals surface area contributed by atoms with E-state index in [1.807, 2.05) is 6.92 Å². The van der Waals surface area contributed by atoms with Crippen LogP contribution in [-0.4, -0.2) is 5.97 Å². The van der Waals surface area contributed by atoms with Crippen molar-refractivity contribution in [1.82, 2.24) is 0 Å². The molecule has 16 heavy (non-hydrogen) atoms. The van der Waals surface area contributed by atoms with Gasteiger partial charge in [0.1, 0.15) is 5.76 Å². The average molecular weight is 216 g/mol. The zero-order chi connectivity index (χ0) is 11.5. The average Bonchev–Trinajstić information content (AvgIpc) is 2.66. The van der Waals surface area contributed by atoms with Gasteiger partial charge < -0.3 is 4.74 Å². The van der Waals surface area contributed by atoms with Gasteiger partial charge in [0, 0.05) is 17.6 Å². The van der Waals surface area contributed by atoms with Crippen LogP contribution in [-0.2, 0) is 9.53 Å². The lowest BCUT2D eigenvalue weighted by Gasteiger charge is -2.29. The van der Waals surface area contributed by atoms with E-state index < -0.39 is 0 Å². The largest absolute Gasteiger partial charge is 0.423 e. The van der Waals surface area contributed by atoms with Crippen molar-refractivity contribution in [3.05, 3.63) is 34.1 Å². The van der Waals surface area contributed by atoms with Gasteiger partial charge in [0.15, 0.2) is 0 Å². The van der Waals surface area contributed by atoms with Gasteiger partial charge in [0.2, 0.25) is 0 Å². The number of fused-ring (bicyclic) bond motifs is 2. The van der Waals surface area contributed by atoms with Gasteiger partial charge in [-0.2, -0.15) is 0 Å². The molecule has 2 aliphatic carbocycles. The molecular weight excluding hydrogens is 200 g/mol. The molecule has 0 fully saturated rings. The van der Waals surface area contributed by atoms with E-state index in [1.165, 1.54) is 11.1 Å². The summed E-state index contributed by atoms with van der Waals surface area (Å²) in [6, 6.07) is 0. The molecule has 0 aromatic carbocycles. The molecule has 0 N–H and O–H groups in total. The van der Waals surface area contributed by atoms with Crippen LogP contribution in [0.5, 0.6) is 0 Å². The van der Waals surface area contributed by atoms with Crippen molar-refractivity contribution in [3.8, 4) is 0 Å². The molecule has 84 valence electrons. The van der Waals surface area contributed by atoms with Gasteiger partial charge in [-0.25, -0.2) is 4.79 Å². The van der Waals surface area contributed by atoms with Crippen LogP contribution in [0.3, 0.4) is 0 Å². The number of hydrogen-bond donors (Lipinski definition) is 0. The summed E-state index contributed by atoms with van der Waals surface area (Å²) >= 11 is 0. The molecule has 0 aromatic heterocycles. The Kier molecular flexibility index (Phi) is 1.78. The second-order valence-corrected chi connectivity index (χ2v) is 5.75. The fourth-order valence-electron chi connectivity index (χ4n) is 2.76. The summed E-state index contributed by atoms with van der Waals surface area (Å²) in [5.74, 6) is 0.724. The Labute approximate surface area is 95.7 Å². The summed E-state index contributed by atoms with van der Waals surface area (Å²) in [7, 11) is 0. The predicted molar refractivity (Wildman–Crippen MR) is 61.5 cm³/mol. The highest BCUT2D eigenvalue weighted by atomic mass is 16.5. The Morgan fingerprint density at radius 2 is 2.06 bits per heavy atom. The minimum Gasteiger partial charge on any atom is -0.423 e. The second kappa shape index (κ2) is 2.88. The third-order valence-electron chi connectivity index (χ3n) is 3.81. The van der Waals surface area contributed by atoms with Crippen molar-refractivity contribution in [2.45, 2.75) is 40.0 Å². The molecule has 3 rings (SSSR count). The van der Waals surface area contributed by atoms with Crippen molar-refractivity contribution in [1.29, 1.82) is 0 Å². The van der Waals surface area contributed by atoms with E-state index in [2.05, 4.69) is 19.9 Å². The van der Waals surface area contributed by atoms with Gasteiger partial charge in [-0.05, 0) is 36.3 Å². The second-order valence-electron chi connectivity index (χ2n) is 5.75. The maximum atomic E-state index is 11.5. The summed E-state index contributed by atoms with van der Waals surface area (Å²) in [4.78, 5) is 11.5. The van der Waals surface area contributed by atoms with Crippen LogP contribution in [0.4, 0.5) is 0 Å². The van der Waals surface area contributed by atoms with Crippen molar-refractivity contribution in [3.63, 3.8) is 0 Å². The van der Waals surface area contributed by atoms with E-state index >= 15 is 0 Å².